The van der Waals surface area contributed by atoms with Crippen LogP contribution in [0.4, 0.5) is 10.1 Å². The molecular weight excluding hydrogens is 223 g/mol. The first-order chi connectivity index (χ1) is 8.20. The molecule has 4 nitrogen and oxygen atoms in total. The van der Waals surface area contributed by atoms with Crippen molar-refractivity contribution in [1.82, 2.24) is 5.32 Å². The van der Waals surface area contributed by atoms with E-state index in [4.69, 9.17) is 0 Å². The smallest absolute Gasteiger partial charge is 0.299 e. The third kappa shape index (κ3) is 1.39. The van der Waals surface area contributed by atoms with Crippen LogP contribution in [0.5, 0.6) is 0 Å². The molecule has 0 aliphatic carbocycles. The molecule has 1 aromatic carbocycles. The second-order valence-electron chi connectivity index (χ2n) is 4.29. The lowest BCUT2D eigenvalue weighted by atomic mass is 10.1. The number of halogens is 1. The number of carbonyl (C=O) groups is 2. The molecule has 1 amide bonds. The van der Waals surface area contributed by atoms with Crippen LogP contribution in [0.1, 0.15) is 16.8 Å². The number of hydrogen-bond donors (Lipinski definition) is 1. The van der Waals surface area contributed by atoms with Crippen LogP contribution in [0.15, 0.2) is 18.2 Å². The number of benzene rings is 1. The van der Waals surface area contributed by atoms with Crippen LogP contribution in [0, 0.1) is 5.82 Å². The minimum Gasteiger partial charge on any atom is -0.315 e. The highest BCUT2D eigenvalue weighted by Crippen LogP contribution is 2.34. The number of ketones is 1. The Morgan fingerprint density at radius 2 is 2.18 bits per heavy atom. The second-order valence-corrected chi connectivity index (χ2v) is 4.29. The van der Waals surface area contributed by atoms with Gasteiger partial charge in [-0.2, -0.15) is 0 Å². The van der Waals surface area contributed by atoms with E-state index in [9.17, 15) is 14.0 Å². The molecule has 2 aliphatic rings. The van der Waals surface area contributed by atoms with E-state index >= 15 is 0 Å². The molecule has 0 spiro atoms. The highest BCUT2D eigenvalue weighted by Gasteiger charge is 2.42. The van der Waals surface area contributed by atoms with Crippen LogP contribution in [-0.2, 0) is 4.79 Å². The number of nitrogens with zero attached hydrogens (tertiary/aromatic N) is 1. The summed E-state index contributed by atoms with van der Waals surface area (Å²) in [5.74, 6) is -1.72. The number of fused-ring (bicyclic) bond motifs is 1. The van der Waals surface area contributed by atoms with E-state index in [-0.39, 0.29) is 17.3 Å². The van der Waals surface area contributed by atoms with Crippen LogP contribution >= 0.6 is 0 Å². The molecule has 2 heterocycles. The van der Waals surface area contributed by atoms with Gasteiger partial charge in [0.2, 0.25) is 0 Å². The molecule has 17 heavy (non-hydrogen) atoms. The Morgan fingerprint density at radius 1 is 1.35 bits per heavy atom. The van der Waals surface area contributed by atoms with Gasteiger partial charge in [-0.3, -0.25) is 14.5 Å². The van der Waals surface area contributed by atoms with Gasteiger partial charge in [-0.25, -0.2) is 4.39 Å². The summed E-state index contributed by atoms with van der Waals surface area (Å²) in [7, 11) is 0. The second kappa shape index (κ2) is 3.63. The summed E-state index contributed by atoms with van der Waals surface area (Å²) in [6, 6.07) is 4.11. The van der Waals surface area contributed by atoms with E-state index < -0.39 is 17.5 Å². The average molecular weight is 234 g/mol. The number of amides is 1. The molecule has 3 rings (SSSR count). The summed E-state index contributed by atoms with van der Waals surface area (Å²) < 4.78 is 13.8. The first-order valence-corrected chi connectivity index (χ1v) is 5.57. The fourth-order valence-electron chi connectivity index (χ4n) is 2.48. The van der Waals surface area contributed by atoms with Crippen molar-refractivity contribution in [2.24, 2.45) is 0 Å². The lowest BCUT2D eigenvalue weighted by Gasteiger charge is -2.23. The van der Waals surface area contributed by atoms with Gasteiger partial charge >= 0.3 is 0 Å². The van der Waals surface area contributed by atoms with Gasteiger partial charge in [0, 0.05) is 6.54 Å². The summed E-state index contributed by atoms with van der Waals surface area (Å²) in [5.41, 5.74) is 0.332. The molecule has 1 aromatic rings. The highest BCUT2D eigenvalue weighted by atomic mass is 19.1. The van der Waals surface area contributed by atoms with Crippen LogP contribution in [-0.4, -0.2) is 30.8 Å². The average Bonchev–Trinajstić information content (AvgIpc) is 2.90. The zero-order valence-electron chi connectivity index (χ0n) is 9.07. The van der Waals surface area contributed by atoms with E-state index in [0.29, 0.717) is 6.54 Å². The molecule has 0 bridgehead atoms. The Morgan fingerprint density at radius 3 is 2.88 bits per heavy atom. The zero-order valence-corrected chi connectivity index (χ0v) is 9.07. The Hall–Kier alpha value is -1.75. The fraction of sp³-hybridized carbons (Fsp3) is 0.333. The number of para-hydroxylation sites is 1. The van der Waals surface area contributed by atoms with Crippen LogP contribution in [0.2, 0.25) is 0 Å². The SMILES string of the molecule is O=C1C(=O)N(C2CCNC2)c2c(F)cccc21. The van der Waals surface area contributed by atoms with Gasteiger partial charge in [-0.15, -0.1) is 0 Å². The molecule has 0 saturated carbocycles. The maximum Gasteiger partial charge on any atom is 0.299 e. The number of Topliss-reactive ketones (excluding diaryl/α,β-unsaturated/α-hetero) is 1. The van der Waals surface area contributed by atoms with Crippen molar-refractivity contribution in [1.29, 1.82) is 0 Å². The Balaban J connectivity index is 2.12. The van der Waals surface area contributed by atoms with Gasteiger partial charge in [0.15, 0.2) is 0 Å². The number of carbonyl (C=O) groups excluding carboxylic acids is 2. The normalized spacial score (nSPS) is 23.4. The lowest BCUT2D eigenvalue weighted by molar-refractivity contribution is -0.114. The Labute approximate surface area is 97.4 Å². The summed E-state index contributed by atoms with van der Waals surface area (Å²) in [6.07, 6.45) is 0.743. The first kappa shape index (κ1) is 10.4. The maximum atomic E-state index is 13.8. The van der Waals surface area contributed by atoms with Gasteiger partial charge in [-0.05, 0) is 25.1 Å². The van der Waals surface area contributed by atoms with Gasteiger partial charge in [-0.1, -0.05) is 6.07 Å². The first-order valence-electron chi connectivity index (χ1n) is 5.57. The number of hydrogen-bond acceptors (Lipinski definition) is 3. The van der Waals surface area contributed by atoms with Crippen molar-refractivity contribution in [2.75, 3.05) is 18.0 Å². The lowest BCUT2D eigenvalue weighted by Crippen LogP contribution is -2.41. The van der Waals surface area contributed by atoms with Crippen molar-refractivity contribution in [3.05, 3.63) is 29.6 Å². The molecule has 5 heteroatoms. The summed E-state index contributed by atoms with van der Waals surface area (Å²) >= 11 is 0. The van der Waals surface area contributed by atoms with Gasteiger partial charge in [0.1, 0.15) is 5.82 Å². The Bertz CT molecular complexity index is 509. The topological polar surface area (TPSA) is 49.4 Å². The minimum atomic E-state index is -0.612. The maximum absolute atomic E-state index is 13.8. The van der Waals surface area contributed by atoms with E-state index in [1.165, 1.54) is 23.1 Å². The predicted octanol–water partition coefficient (Wildman–Crippen LogP) is 0.717. The molecule has 88 valence electrons. The number of rotatable bonds is 1. The summed E-state index contributed by atoms with van der Waals surface area (Å²) in [6.45, 7) is 1.39. The highest BCUT2D eigenvalue weighted by molar-refractivity contribution is 6.52. The molecule has 1 unspecified atom stereocenters. The van der Waals surface area contributed by atoms with Crippen LogP contribution in [0.25, 0.3) is 0 Å². The van der Waals surface area contributed by atoms with Gasteiger partial charge < -0.3 is 5.32 Å². The Kier molecular flexibility index (Phi) is 2.22. The molecule has 1 saturated heterocycles. The van der Waals surface area contributed by atoms with Crippen LogP contribution < -0.4 is 10.2 Å². The van der Waals surface area contributed by atoms with Crippen molar-refractivity contribution in [3.63, 3.8) is 0 Å². The van der Waals surface area contributed by atoms with E-state index in [2.05, 4.69) is 5.32 Å². The summed E-state index contributed by atoms with van der Waals surface area (Å²) in [5, 5.41) is 3.11. The third-order valence-corrected chi connectivity index (χ3v) is 3.28. The molecular formula is C12H11FN2O2. The number of nitrogens with one attached hydrogen (secondary N) is 1. The van der Waals surface area contributed by atoms with Crippen LogP contribution in [0.3, 0.4) is 0 Å². The molecule has 2 aliphatic heterocycles. The van der Waals surface area contributed by atoms with Crippen molar-refractivity contribution in [2.45, 2.75) is 12.5 Å². The van der Waals surface area contributed by atoms with Gasteiger partial charge in [0.25, 0.3) is 11.7 Å². The van der Waals surface area contributed by atoms with E-state index in [1.807, 2.05) is 0 Å². The zero-order chi connectivity index (χ0) is 12.0. The number of anilines is 1. The molecule has 0 radical (unpaired) electrons. The summed E-state index contributed by atoms with van der Waals surface area (Å²) in [4.78, 5) is 24.9. The van der Waals surface area contributed by atoms with Crippen molar-refractivity contribution >= 4 is 17.4 Å². The third-order valence-electron chi connectivity index (χ3n) is 3.28. The standard InChI is InChI=1S/C12H11FN2O2/c13-9-3-1-2-8-10(9)15(12(17)11(8)16)7-4-5-14-6-7/h1-3,7,14H,4-6H2. The van der Waals surface area contributed by atoms with Gasteiger partial charge in [0.05, 0.1) is 17.3 Å². The molecule has 0 aromatic heterocycles. The predicted molar refractivity (Wildman–Crippen MR) is 59.5 cm³/mol. The van der Waals surface area contributed by atoms with E-state index in [1.54, 1.807) is 0 Å². The molecule has 1 atom stereocenters. The largest absolute Gasteiger partial charge is 0.315 e. The molecule has 1 fully saturated rings. The van der Waals surface area contributed by atoms with Crippen molar-refractivity contribution < 1.29 is 14.0 Å². The fourth-order valence-corrected chi connectivity index (χ4v) is 2.48. The van der Waals surface area contributed by atoms with Crippen molar-refractivity contribution in [3.8, 4) is 0 Å². The van der Waals surface area contributed by atoms with E-state index in [0.717, 1.165) is 13.0 Å². The quantitative estimate of drug-likeness (QED) is 0.728. The molecule has 1 N–H and O–H groups in total. The monoisotopic (exact) mass is 234 g/mol. The minimum absolute atomic E-state index is 0.121.